The zero-order valence-electron chi connectivity index (χ0n) is 17.8. The van der Waals surface area contributed by atoms with Crippen molar-refractivity contribution in [2.24, 2.45) is 0 Å². The van der Waals surface area contributed by atoms with Gasteiger partial charge in [0.25, 0.3) is 0 Å². The normalized spacial score (nSPS) is 14.0. The van der Waals surface area contributed by atoms with Crippen LogP contribution in [0, 0.1) is 19.7 Å². The number of carbonyl (C=O) groups excluding carboxylic acids is 1. The van der Waals surface area contributed by atoms with Gasteiger partial charge in [0.05, 0.1) is 24.6 Å². The Balaban J connectivity index is 1.65. The molecule has 0 atom stereocenters. The molecule has 0 unspecified atom stereocenters. The van der Waals surface area contributed by atoms with E-state index >= 15 is 0 Å². The molecule has 31 heavy (non-hydrogen) atoms. The van der Waals surface area contributed by atoms with Crippen molar-refractivity contribution < 1.29 is 18.7 Å². The van der Waals surface area contributed by atoms with Crippen molar-refractivity contribution in [3.8, 4) is 17.3 Å². The lowest BCUT2D eigenvalue weighted by Gasteiger charge is -2.26. The minimum atomic E-state index is -0.375. The van der Waals surface area contributed by atoms with Gasteiger partial charge >= 0.3 is 0 Å². The Labute approximate surface area is 181 Å². The SMILES string of the molecule is Cc1cccc(-n2nc(C)c(CCC(=O)N3CCOCC3)c2Oc2cccc(F)c2)c1. The second kappa shape index (κ2) is 9.31. The summed E-state index contributed by atoms with van der Waals surface area (Å²) >= 11 is 0. The van der Waals surface area contributed by atoms with Crippen molar-refractivity contribution in [3.05, 3.63) is 71.2 Å². The molecule has 0 saturated carbocycles. The van der Waals surface area contributed by atoms with Crippen LogP contribution in [0.1, 0.15) is 23.2 Å². The molecule has 4 rings (SSSR count). The monoisotopic (exact) mass is 423 g/mol. The van der Waals surface area contributed by atoms with Gasteiger partial charge in [0.15, 0.2) is 0 Å². The van der Waals surface area contributed by atoms with Gasteiger partial charge in [-0.3, -0.25) is 4.79 Å². The maximum atomic E-state index is 13.7. The minimum absolute atomic E-state index is 0.0858. The lowest BCUT2D eigenvalue weighted by atomic mass is 10.1. The Morgan fingerprint density at radius 1 is 1.13 bits per heavy atom. The van der Waals surface area contributed by atoms with Gasteiger partial charge in [0, 0.05) is 31.1 Å². The number of rotatable bonds is 6. The largest absolute Gasteiger partial charge is 0.439 e. The second-order valence-corrected chi connectivity index (χ2v) is 7.67. The fourth-order valence-corrected chi connectivity index (χ4v) is 3.71. The maximum absolute atomic E-state index is 13.7. The first kappa shape index (κ1) is 21.1. The third-order valence-corrected chi connectivity index (χ3v) is 5.35. The van der Waals surface area contributed by atoms with E-state index in [-0.39, 0.29) is 11.7 Å². The van der Waals surface area contributed by atoms with Gasteiger partial charge in [0.2, 0.25) is 11.8 Å². The topological polar surface area (TPSA) is 56.6 Å². The van der Waals surface area contributed by atoms with Crippen LogP contribution in [0.15, 0.2) is 48.5 Å². The summed E-state index contributed by atoms with van der Waals surface area (Å²) in [5, 5.41) is 4.68. The summed E-state index contributed by atoms with van der Waals surface area (Å²) in [5.74, 6) is 0.598. The quantitative estimate of drug-likeness (QED) is 0.596. The Bertz CT molecular complexity index is 1070. The summed E-state index contributed by atoms with van der Waals surface area (Å²) in [5.41, 5.74) is 3.56. The van der Waals surface area contributed by atoms with E-state index in [0.717, 1.165) is 22.5 Å². The molecule has 1 aliphatic heterocycles. The first-order chi connectivity index (χ1) is 15.0. The van der Waals surface area contributed by atoms with E-state index in [2.05, 4.69) is 5.10 Å². The van der Waals surface area contributed by atoms with Gasteiger partial charge in [0.1, 0.15) is 11.6 Å². The predicted molar refractivity (Wildman–Crippen MR) is 115 cm³/mol. The highest BCUT2D eigenvalue weighted by Crippen LogP contribution is 2.32. The van der Waals surface area contributed by atoms with Crippen molar-refractivity contribution in [1.29, 1.82) is 0 Å². The van der Waals surface area contributed by atoms with Crippen molar-refractivity contribution >= 4 is 5.91 Å². The Morgan fingerprint density at radius 3 is 2.65 bits per heavy atom. The number of aryl methyl sites for hydroxylation is 2. The van der Waals surface area contributed by atoms with Crippen molar-refractivity contribution in [3.63, 3.8) is 0 Å². The Hall–Kier alpha value is -3.19. The van der Waals surface area contributed by atoms with Crippen molar-refractivity contribution in [2.45, 2.75) is 26.7 Å². The Morgan fingerprint density at radius 2 is 1.90 bits per heavy atom. The van der Waals surface area contributed by atoms with Crippen LogP contribution in [0.25, 0.3) is 5.69 Å². The number of ether oxygens (including phenoxy) is 2. The van der Waals surface area contributed by atoms with Gasteiger partial charge in [-0.15, -0.1) is 0 Å². The summed E-state index contributed by atoms with van der Waals surface area (Å²) in [7, 11) is 0. The molecule has 3 aromatic rings. The second-order valence-electron chi connectivity index (χ2n) is 7.67. The maximum Gasteiger partial charge on any atom is 0.226 e. The molecule has 1 aliphatic rings. The van der Waals surface area contributed by atoms with E-state index in [9.17, 15) is 9.18 Å². The first-order valence-corrected chi connectivity index (χ1v) is 10.5. The van der Waals surface area contributed by atoms with Crippen LogP contribution >= 0.6 is 0 Å². The zero-order valence-corrected chi connectivity index (χ0v) is 17.8. The predicted octanol–water partition coefficient (Wildman–Crippen LogP) is 4.21. The molecular formula is C24H26FN3O3. The summed E-state index contributed by atoms with van der Waals surface area (Å²) in [4.78, 5) is 14.5. The molecule has 162 valence electrons. The highest BCUT2D eigenvalue weighted by atomic mass is 19.1. The van der Waals surface area contributed by atoms with E-state index < -0.39 is 0 Å². The van der Waals surface area contributed by atoms with Crippen LogP contribution < -0.4 is 4.74 Å². The number of carbonyl (C=O) groups is 1. The van der Waals surface area contributed by atoms with E-state index in [0.29, 0.717) is 50.8 Å². The number of nitrogens with zero attached hydrogens (tertiary/aromatic N) is 3. The van der Waals surface area contributed by atoms with Gasteiger partial charge in [-0.1, -0.05) is 18.2 Å². The molecule has 0 radical (unpaired) electrons. The molecule has 0 N–H and O–H groups in total. The number of amides is 1. The zero-order chi connectivity index (χ0) is 21.8. The van der Waals surface area contributed by atoms with Crippen LogP contribution in [0.5, 0.6) is 11.6 Å². The average molecular weight is 423 g/mol. The highest BCUT2D eigenvalue weighted by Gasteiger charge is 2.22. The standard InChI is InChI=1S/C24H26FN3O3/c1-17-5-3-7-20(15-17)28-24(31-21-8-4-6-19(25)16-21)22(18(2)26-28)9-10-23(29)27-11-13-30-14-12-27/h3-8,15-16H,9-14H2,1-2H3. The van der Waals surface area contributed by atoms with Crippen LogP contribution in [0.2, 0.25) is 0 Å². The van der Waals surface area contributed by atoms with Crippen molar-refractivity contribution in [2.75, 3.05) is 26.3 Å². The number of aromatic nitrogens is 2. The van der Waals surface area contributed by atoms with Crippen molar-refractivity contribution in [1.82, 2.24) is 14.7 Å². The van der Waals surface area contributed by atoms with Gasteiger partial charge in [-0.2, -0.15) is 5.10 Å². The Kier molecular flexibility index (Phi) is 6.32. The summed E-state index contributed by atoms with van der Waals surface area (Å²) in [6, 6.07) is 13.9. The summed E-state index contributed by atoms with van der Waals surface area (Å²) in [6.45, 7) is 6.29. The first-order valence-electron chi connectivity index (χ1n) is 10.5. The van der Waals surface area contributed by atoms with Gasteiger partial charge < -0.3 is 14.4 Å². The molecule has 1 aromatic heterocycles. The van der Waals surface area contributed by atoms with E-state index in [1.54, 1.807) is 16.8 Å². The molecule has 0 spiro atoms. The third-order valence-electron chi connectivity index (χ3n) is 5.35. The fraction of sp³-hybridized carbons (Fsp3) is 0.333. The van der Waals surface area contributed by atoms with Crippen LogP contribution in [-0.4, -0.2) is 46.9 Å². The van der Waals surface area contributed by atoms with Crippen LogP contribution in [-0.2, 0) is 16.0 Å². The number of benzene rings is 2. The summed E-state index contributed by atoms with van der Waals surface area (Å²) < 4.78 is 26.9. The molecule has 2 heterocycles. The number of hydrogen-bond donors (Lipinski definition) is 0. The van der Waals surface area contributed by atoms with Crippen LogP contribution in [0.3, 0.4) is 0 Å². The van der Waals surface area contributed by atoms with E-state index in [4.69, 9.17) is 9.47 Å². The van der Waals surface area contributed by atoms with Crippen LogP contribution in [0.4, 0.5) is 4.39 Å². The molecule has 1 amide bonds. The number of morpholine rings is 1. The average Bonchev–Trinajstić information content (AvgIpc) is 3.07. The summed E-state index contributed by atoms with van der Waals surface area (Å²) in [6.07, 6.45) is 0.832. The molecule has 1 fully saturated rings. The highest BCUT2D eigenvalue weighted by molar-refractivity contribution is 5.76. The number of halogens is 1. The smallest absolute Gasteiger partial charge is 0.226 e. The molecular weight excluding hydrogens is 397 g/mol. The molecule has 1 saturated heterocycles. The molecule has 6 nitrogen and oxygen atoms in total. The van der Waals surface area contributed by atoms with E-state index in [1.807, 2.05) is 43.0 Å². The molecule has 2 aromatic carbocycles. The fourth-order valence-electron chi connectivity index (χ4n) is 3.71. The minimum Gasteiger partial charge on any atom is -0.439 e. The lowest BCUT2D eigenvalue weighted by molar-refractivity contribution is -0.135. The number of hydrogen-bond acceptors (Lipinski definition) is 4. The van der Waals surface area contributed by atoms with Gasteiger partial charge in [-0.25, -0.2) is 9.07 Å². The molecule has 0 bridgehead atoms. The third kappa shape index (κ3) is 4.94. The van der Waals surface area contributed by atoms with E-state index in [1.165, 1.54) is 12.1 Å². The van der Waals surface area contributed by atoms with Gasteiger partial charge in [-0.05, 0) is 50.1 Å². The molecule has 7 heteroatoms. The molecule has 0 aliphatic carbocycles. The lowest BCUT2D eigenvalue weighted by Crippen LogP contribution is -2.40.